The predicted molar refractivity (Wildman–Crippen MR) is 138 cm³/mol. The standard InChI is InChI=1S/C25H22N8S/c1-32(2)17-9-15(11-26-13-17)16-10-18-21(29-14-33(3)25(18)28-12-16)24-30-19-6-7-27-23(22(19)31-24)20-5-4-8-34-20/h4-13H,14H2,1-3H3,(H,30,31). The molecular weight excluding hydrogens is 444 g/mol. The summed E-state index contributed by atoms with van der Waals surface area (Å²) in [5.41, 5.74) is 7.41. The van der Waals surface area contributed by atoms with Crippen LogP contribution in [0.3, 0.4) is 0 Å². The molecular formula is C25H22N8S. The monoisotopic (exact) mass is 466 g/mol. The minimum Gasteiger partial charge on any atom is -0.376 e. The minimum absolute atomic E-state index is 0.513. The summed E-state index contributed by atoms with van der Waals surface area (Å²) in [5.74, 6) is 1.59. The molecule has 0 amide bonds. The molecule has 0 unspecified atom stereocenters. The minimum atomic E-state index is 0.513. The van der Waals surface area contributed by atoms with Gasteiger partial charge in [-0.2, -0.15) is 0 Å². The van der Waals surface area contributed by atoms with Gasteiger partial charge in [-0.05, 0) is 29.6 Å². The lowest BCUT2D eigenvalue weighted by molar-refractivity contribution is 0.889. The fourth-order valence-corrected chi connectivity index (χ4v) is 4.82. The number of pyridine rings is 3. The molecule has 0 spiro atoms. The van der Waals surface area contributed by atoms with Crippen LogP contribution in [0.15, 0.2) is 65.5 Å². The molecule has 0 saturated heterocycles. The van der Waals surface area contributed by atoms with Crippen LogP contribution in [0.25, 0.3) is 32.7 Å². The van der Waals surface area contributed by atoms with E-state index in [1.54, 1.807) is 11.3 Å². The van der Waals surface area contributed by atoms with Crippen LogP contribution >= 0.6 is 11.3 Å². The molecule has 8 nitrogen and oxygen atoms in total. The number of thiophene rings is 1. The fourth-order valence-electron chi connectivity index (χ4n) is 4.10. The molecule has 0 saturated carbocycles. The molecule has 0 fully saturated rings. The van der Waals surface area contributed by atoms with Crippen molar-refractivity contribution >= 4 is 39.6 Å². The van der Waals surface area contributed by atoms with Gasteiger partial charge in [-0.25, -0.2) is 9.97 Å². The van der Waals surface area contributed by atoms with Crippen LogP contribution in [0.1, 0.15) is 11.4 Å². The summed E-state index contributed by atoms with van der Waals surface area (Å²) in [5, 5.41) is 2.05. The van der Waals surface area contributed by atoms with Crippen molar-refractivity contribution in [2.45, 2.75) is 0 Å². The number of H-pyrrole nitrogens is 1. The van der Waals surface area contributed by atoms with Crippen molar-refractivity contribution < 1.29 is 0 Å². The van der Waals surface area contributed by atoms with Crippen LogP contribution in [-0.2, 0) is 0 Å². The zero-order chi connectivity index (χ0) is 23.2. The van der Waals surface area contributed by atoms with Gasteiger partial charge in [-0.3, -0.25) is 15.0 Å². The first-order chi connectivity index (χ1) is 16.6. The molecule has 6 rings (SSSR count). The zero-order valence-corrected chi connectivity index (χ0v) is 19.8. The number of hydrogen-bond acceptors (Lipinski definition) is 8. The van der Waals surface area contributed by atoms with Crippen molar-refractivity contribution in [1.29, 1.82) is 0 Å². The van der Waals surface area contributed by atoms with E-state index in [1.165, 1.54) is 0 Å². The lowest BCUT2D eigenvalue weighted by Crippen LogP contribution is -2.28. The Kier molecular flexibility index (Phi) is 4.84. The molecule has 0 aliphatic carbocycles. The number of aromatic amines is 1. The molecule has 0 atom stereocenters. The summed E-state index contributed by atoms with van der Waals surface area (Å²) in [4.78, 5) is 32.2. The summed E-state index contributed by atoms with van der Waals surface area (Å²) < 4.78 is 0. The van der Waals surface area contributed by atoms with Gasteiger partial charge in [-0.15, -0.1) is 11.3 Å². The largest absolute Gasteiger partial charge is 0.376 e. The average molecular weight is 467 g/mol. The average Bonchev–Trinajstić information content (AvgIpc) is 3.54. The Bertz CT molecular complexity index is 1530. The maximum atomic E-state index is 4.95. The fraction of sp³-hybridized carbons (Fsp3) is 0.160. The number of anilines is 2. The van der Waals surface area contributed by atoms with Gasteiger partial charge >= 0.3 is 0 Å². The van der Waals surface area contributed by atoms with Crippen molar-refractivity contribution in [3.63, 3.8) is 0 Å². The molecule has 9 heteroatoms. The number of rotatable bonds is 4. The van der Waals surface area contributed by atoms with Crippen LogP contribution in [0.5, 0.6) is 0 Å². The van der Waals surface area contributed by atoms with E-state index in [2.05, 4.69) is 33.2 Å². The molecule has 0 radical (unpaired) electrons. The lowest BCUT2D eigenvalue weighted by Gasteiger charge is -2.25. The highest BCUT2D eigenvalue weighted by atomic mass is 32.1. The third-order valence-electron chi connectivity index (χ3n) is 5.88. The highest BCUT2D eigenvalue weighted by Crippen LogP contribution is 2.32. The molecule has 168 valence electrons. The van der Waals surface area contributed by atoms with Crippen molar-refractivity contribution in [1.82, 2.24) is 24.9 Å². The van der Waals surface area contributed by atoms with Crippen molar-refractivity contribution in [3.05, 3.63) is 71.9 Å². The van der Waals surface area contributed by atoms with Gasteiger partial charge in [0, 0.05) is 56.4 Å². The van der Waals surface area contributed by atoms with Crippen molar-refractivity contribution in [2.75, 3.05) is 37.6 Å². The van der Waals surface area contributed by atoms with E-state index in [9.17, 15) is 0 Å². The third kappa shape index (κ3) is 3.41. The molecule has 1 aliphatic rings. The number of hydrogen-bond donors (Lipinski definition) is 1. The summed E-state index contributed by atoms with van der Waals surface area (Å²) in [6.07, 6.45) is 7.42. The van der Waals surface area contributed by atoms with Gasteiger partial charge in [0.1, 0.15) is 29.4 Å². The number of aliphatic imine (C=N–C) groups is 1. The predicted octanol–water partition coefficient (Wildman–Crippen LogP) is 4.45. The van der Waals surface area contributed by atoms with Crippen molar-refractivity contribution in [2.24, 2.45) is 4.99 Å². The molecule has 5 aromatic rings. The van der Waals surface area contributed by atoms with Crippen LogP contribution in [0.2, 0.25) is 0 Å². The second kappa shape index (κ2) is 8.03. The quantitative estimate of drug-likeness (QED) is 0.421. The summed E-state index contributed by atoms with van der Waals surface area (Å²) in [6, 6.07) is 10.3. The van der Waals surface area contributed by atoms with Crippen LogP contribution < -0.4 is 9.80 Å². The highest BCUT2D eigenvalue weighted by molar-refractivity contribution is 7.13. The Morgan fingerprint density at radius 2 is 1.94 bits per heavy atom. The van der Waals surface area contributed by atoms with Gasteiger partial charge in [-0.1, -0.05) is 6.07 Å². The van der Waals surface area contributed by atoms with E-state index >= 15 is 0 Å². The van der Waals surface area contributed by atoms with Gasteiger partial charge in [0.25, 0.3) is 0 Å². The molecule has 0 bridgehead atoms. The van der Waals surface area contributed by atoms with E-state index in [0.29, 0.717) is 12.5 Å². The number of nitrogens with zero attached hydrogens (tertiary/aromatic N) is 7. The Morgan fingerprint density at radius 1 is 1.06 bits per heavy atom. The molecule has 6 heterocycles. The first-order valence-corrected chi connectivity index (χ1v) is 11.7. The number of nitrogens with one attached hydrogen (secondary N) is 1. The van der Waals surface area contributed by atoms with Gasteiger partial charge in [0.05, 0.1) is 22.3 Å². The normalized spacial score (nSPS) is 13.1. The number of aromatic nitrogens is 5. The van der Waals surface area contributed by atoms with Crippen LogP contribution in [-0.4, -0.2) is 58.4 Å². The van der Waals surface area contributed by atoms with Gasteiger partial charge in [0.2, 0.25) is 0 Å². The second-order valence-electron chi connectivity index (χ2n) is 8.39. The Balaban J connectivity index is 1.47. The van der Waals surface area contributed by atoms with E-state index in [1.807, 2.05) is 73.2 Å². The summed E-state index contributed by atoms with van der Waals surface area (Å²) in [6.45, 7) is 0.513. The number of fused-ring (bicyclic) bond motifs is 2. The Labute approximate surface area is 200 Å². The first-order valence-electron chi connectivity index (χ1n) is 10.9. The van der Waals surface area contributed by atoms with Crippen molar-refractivity contribution in [3.8, 4) is 21.7 Å². The van der Waals surface area contributed by atoms with E-state index < -0.39 is 0 Å². The topological polar surface area (TPSA) is 86.2 Å². The molecule has 34 heavy (non-hydrogen) atoms. The van der Waals surface area contributed by atoms with E-state index in [0.717, 1.165) is 55.5 Å². The smallest absolute Gasteiger partial charge is 0.157 e. The molecule has 5 aromatic heterocycles. The van der Waals surface area contributed by atoms with Crippen LogP contribution in [0.4, 0.5) is 11.5 Å². The second-order valence-corrected chi connectivity index (χ2v) is 9.33. The Hall–Kier alpha value is -4.11. The lowest BCUT2D eigenvalue weighted by atomic mass is 10.0. The SMILES string of the molecule is CN(C)c1cncc(-c2cnc3c(c2)C(c2nc4c(-c5cccs5)nccc4[nH]2)=NCN3C)c1. The Morgan fingerprint density at radius 3 is 2.76 bits per heavy atom. The highest BCUT2D eigenvalue weighted by Gasteiger charge is 2.24. The van der Waals surface area contributed by atoms with E-state index in [-0.39, 0.29) is 0 Å². The van der Waals surface area contributed by atoms with E-state index in [4.69, 9.17) is 15.0 Å². The third-order valence-corrected chi connectivity index (χ3v) is 6.75. The summed E-state index contributed by atoms with van der Waals surface area (Å²) >= 11 is 1.65. The maximum Gasteiger partial charge on any atom is 0.157 e. The molecule has 1 N–H and O–H groups in total. The zero-order valence-electron chi connectivity index (χ0n) is 19.0. The van der Waals surface area contributed by atoms with Gasteiger partial charge < -0.3 is 14.8 Å². The van der Waals surface area contributed by atoms with Gasteiger partial charge in [0.15, 0.2) is 5.82 Å². The molecule has 0 aromatic carbocycles. The summed E-state index contributed by atoms with van der Waals surface area (Å²) in [7, 11) is 6.01. The maximum absolute atomic E-state index is 4.95. The number of imidazole rings is 1. The first kappa shape index (κ1) is 20.5. The van der Waals surface area contributed by atoms with Crippen LogP contribution in [0, 0.1) is 0 Å². The molecule has 1 aliphatic heterocycles.